The van der Waals surface area contributed by atoms with Crippen LogP contribution in [0.25, 0.3) is 11.0 Å². The van der Waals surface area contributed by atoms with Crippen LogP contribution in [0.3, 0.4) is 0 Å². The Morgan fingerprint density at radius 1 is 0.939 bits per heavy atom. The summed E-state index contributed by atoms with van der Waals surface area (Å²) in [6, 6.07) is 19.2. The van der Waals surface area contributed by atoms with Crippen molar-refractivity contribution < 1.29 is 9.21 Å². The second-order valence-corrected chi connectivity index (χ2v) is 9.36. The highest BCUT2D eigenvalue weighted by Gasteiger charge is 2.43. The highest BCUT2D eigenvalue weighted by Crippen LogP contribution is 2.41. The molecule has 5 heteroatoms. The van der Waals surface area contributed by atoms with Gasteiger partial charge in [0.05, 0.1) is 17.0 Å². The molecule has 1 unspecified atom stereocenters. The van der Waals surface area contributed by atoms with Crippen LogP contribution in [0, 0.1) is 13.8 Å². The van der Waals surface area contributed by atoms with Gasteiger partial charge in [-0.3, -0.25) is 14.5 Å². The predicted octanol–water partition coefficient (Wildman–Crippen LogP) is 6.44. The molecule has 0 spiro atoms. The molecule has 1 atom stereocenters. The number of rotatable bonds is 4. The molecule has 3 aromatic carbocycles. The maximum absolute atomic E-state index is 13.8. The van der Waals surface area contributed by atoms with Gasteiger partial charge in [-0.2, -0.15) is 0 Å². The van der Waals surface area contributed by atoms with Gasteiger partial charge in [0.15, 0.2) is 5.43 Å². The van der Waals surface area contributed by atoms with Gasteiger partial charge in [0.25, 0.3) is 5.91 Å². The van der Waals surface area contributed by atoms with Crippen LogP contribution >= 0.6 is 11.8 Å². The molecule has 0 aliphatic carbocycles. The van der Waals surface area contributed by atoms with Crippen LogP contribution in [0.5, 0.6) is 0 Å². The number of hydrogen-bond acceptors (Lipinski definition) is 4. The normalized spacial score (nSPS) is 15.3. The lowest BCUT2D eigenvalue weighted by molar-refractivity contribution is 0.0971. The van der Waals surface area contributed by atoms with Crippen molar-refractivity contribution in [2.75, 3.05) is 11.2 Å². The molecule has 1 aromatic heterocycles. The Morgan fingerprint density at radius 2 is 1.61 bits per heavy atom. The minimum absolute atomic E-state index is 0.134. The third-order valence-electron chi connectivity index (χ3n) is 6.54. The SMILES string of the molecule is CCc1ccc(N2C(=O)c3oc4cc(C)c(C)cc4c(=O)c3C2c2ccc(SC)cc2)cc1. The van der Waals surface area contributed by atoms with Gasteiger partial charge in [-0.1, -0.05) is 31.2 Å². The molecule has 0 N–H and O–H groups in total. The summed E-state index contributed by atoms with van der Waals surface area (Å²) in [5, 5.41) is 0.513. The highest BCUT2D eigenvalue weighted by atomic mass is 32.2. The maximum Gasteiger partial charge on any atom is 0.295 e. The zero-order valence-corrected chi connectivity index (χ0v) is 20.0. The Balaban J connectivity index is 1.77. The molecule has 2 heterocycles. The van der Waals surface area contributed by atoms with Crippen molar-refractivity contribution in [2.24, 2.45) is 0 Å². The van der Waals surface area contributed by atoms with Crippen molar-refractivity contribution >= 4 is 34.3 Å². The van der Waals surface area contributed by atoms with E-state index in [4.69, 9.17) is 4.42 Å². The number of amides is 1. The highest BCUT2D eigenvalue weighted by molar-refractivity contribution is 7.98. The van der Waals surface area contributed by atoms with E-state index >= 15 is 0 Å². The number of aryl methyl sites for hydroxylation is 3. The fourth-order valence-corrected chi connectivity index (χ4v) is 4.90. The standard InChI is InChI=1S/C28H25NO3S/c1-5-18-6-10-20(11-7-18)29-25(19-8-12-21(33-4)13-9-19)24-26(30)22-14-16(2)17(3)15-23(22)32-27(24)28(29)31/h6-15,25H,5H2,1-4H3. The third kappa shape index (κ3) is 3.47. The van der Waals surface area contributed by atoms with Crippen LogP contribution in [0.4, 0.5) is 5.69 Å². The van der Waals surface area contributed by atoms with Crippen LogP contribution < -0.4 is 10.3 Å². The number of carbonyl (C=O) groups is 1. The Morgan fingerprint density at radius 3 is 2.24 bits per heavy atom. The summed E-state index contributed by atoms with van der Waals surface area (Å²) < 4.78 is 6.13. The lowest BCUT2D eigenvalue weighted by Gasteiger charge is -2.25. The summed E-state index contributed by atoms with van der Waals surface area (Å²) in [5.74, 6) is -0.153. The van der Waals surface area contributed by atoms with Crippen molar-refractivity contribution in [3.63, 3.8) is 0 Å². The summed E-state index contributed by atoms with van der Waals surface area (Å²) in [6.45, 7) is 6.05. The molecule has 1 aliphatic rings. The molecule has 0 saturated carbocycles. The second kappa shape index (κ2) is 8.23. The molecule has 4 aromatic rings. The average Bonchev–Trinajstić information content (AvgIpc) is 3.13. The van der Waals surface area contributed by atoms with E-state index < -0.39 is 6.04 Å². The van der Waals surface area contributed by atoms with Crippen LogP contribution in [0.1, 0.15) is 51.3 Å². The van der Waals surface area contributed by atoms with Gasteiger partial charge in [-0.25, -0.2) is 0 Å². The van der Waals surface area contributed by atoms with E-state index in [2.05, 4.69) is 6.92 Å². The molecule has 1 aliphatic heterocycles. The zero-order chi connectivity index (χ0) is 23.3. The summed E-state index contributed by atoms with van der Waals surface area (Å²) >= 11 is 1.65. The first-order valence-electron chi connectivity index (χ1n) is 11.1. The summed E-state index contributed by atoms with van der Waals surface area (Å²) in [7, 11) is 0. The van der Waals surface area contributed by atoms with E-state index in [9.17, 15) is 9.59 Å². The fraction of sp³-hybridized carbons (Fsp3) is 0.214. The Bertz CT molecular complexity index is 1440. The first-order valence-corrected chi connectivity index (χ1v) is 12.3. The molecule has 0 radical (unpaired) electrons. The number of carbonyl (C=O) groups excluding carboxylic acids is 1. The van der Waals surface area contributed by atoms with Crippen LogP contribution in [-0.2, 0) is 6.42 Å². The molecule has 0 fully saturated rings. The number of nitrogens with zero attached hydrogens (tertiary/aromatic N) is 1. The van der Waals surface area contributed by atoms with Gasteiger partial charge >= 0.3 is 0 Å². The average molecular weight is 456 g/mol. The fourth-order valence-electron chi connectivity index (χ4n) is 4.49. The molecule has 33 heavy (non-hydrogen) atoms. The molecular formula is C28H25NO3S. The van der Waals surface area contributed by atoms with E-state index in [1.165, 1.54) is 5.56 Å². The number of fused-ring (bicyclic) bond motifs is 2. The monoisotopic (exact) mass is 455 g/mol. The van der Waals surface area contributed by atoms with Crippen molar-refractivity contribution in [2.45, 2.75) is 38.1 Å². The molecule has 166 valence electrons. The first kappa shape index (κ1) is 21.5. The number of hydrogen-bond donors (Lipinski definition) is 0. The molecule has 1 amide bonds. The minimum atomic E-state index is -0.543. The number of benzene rings is 3. The van der Waals surface area contributed by atoms with Crippen LogP contribution in [0.15, 0.2) is 74.8 Å². The summed E-state index contributed by atoms with van der Waals surface area (Å²) in [5.41, 5.74) is 5.58. The lowest BCUT2D eigenvalue weighted by atomic mass is 9.97. The van der Waals surface area contributed by atoms with Gasteiger partial charge in [-0.15, -0.1) is 11.8 Å². The predicted molar refractivity (Wildman–Crippen MR) is 135 cm³/mol. The Labute approximate surface area is 197 Å². The molecular weight excluding hydrogens is 430 g/mol. The van der Waals surface area contributed by atoms with E-state index in [-0.39, 0.29) is 17.1 Å². The van der Waals surface area contributed by atoms with Crippen molar-refractivity contribution in [1.29, 1.82) is 0 Å². The maximum atomic E-state index is 13.8. The zero-order valence-electron chi connectivity index (χ0n) is 19.1. The van der Waals surface area contributed by atoms with E-state index in [0.29, 0.717) is 16.5 Å². The lowest BCUT2D eigenvalue weighted by Crippen LogP contribution is -2.29. The van der Waals surface area contributed by atoms with Crippen molar-refractivity contribution in [3.8, 4) is 0 Å². The largest absolute Gasteiger partial charge is 0.450 e. The summed E-state index contributed by atoms with van der Waals surface area (Å²) in [4.78, 5) is 30.3. The summed E-state index contributed by atoms with van der Waals surface area (Å²) in [6.07, 6.45) is 2.94. The van der Waals surface area contributed by atoms with Gasteiger partial charge in [0, 0.05) is 10.6 Å². The van der Waals surface area contributed by atoms with Gasteiger partial charge < -0.3 is 4.42 Å². The van der Waals surface area contributed by atoms with Crippen LogP contribution in [-0.4, -0.2) is 12.2 Å². The minimum Gasteiger partial charge on any atom is -0.450 e. The van der Waals surface area contributed by atoms with E-state index in [0.717, 1.165) is 33.7 Å². The van der Waals surface area contributed by atoms with Gasteiger partial charge in [-0.05, 0) is 85.2 Å². The topological polar surface area (TPSA) is 50.5 Å². The van der Waals surface area contributed by atoms with E-state index in [1.54, 1.807) is 16.7 Å². The molecule has 0 bridgehead atoms. The van der Waals surface area contributed by atoms with Crippen molar-refractivity contribution in [3.05, 3.63) is 104 Å². The molecule has 4 nitrogen and oxygen atoms in total. The Hall–Kier alpha value is -3.31. The number of anilines is 1. The number of thioether (sulfide) groups is 1. The van der Waals surface area contributed by atoms with Gasteiger partial charge in [0.2, 0.25) is 5.76 Å². The van der Waals surface area contributed by atoms with E-state index in [1.807, 2.05) is 80.8 Å². The van der Waals surface area contributed by atoms with Crippen molar-refractivity contribution in [1.82, 2.24) is 0 Å². The third-order valence-corrected chi connectivity index (χ3v) is 7.28. The second-order valence-electron chi connectivity index (χ2n) is 8.48. The molecule has 5 rings (SSSR count). The quantitative estimate of drug-likeness (QED) is 0.332. The smallest absolute Gasteiger partial charge is 0.295 e. The molecule has 0 saturated heterocycles. The van der Waals surface area contributed by atoms with Crippen LogP contribution in [0.2, 0.25) is 0 Å². The first-order chi connectivity index (χ1) is 15.9. The Kier molecular flexibility index (Phi) is 5.37. The van der Waals surface area contributed by atoms with Gasteiger partial charge in [0.1, 0.15) is 5.58 Å².